The molecule has 0 amide bonds. The summed E-state index contributed by atoms with van der Waals surface area (Å²) in [4.78, 5) is 28.6. The molecule has 1 aromatic heterocycles. The van der Waals surface area contributed by atoms with E-state index in [1.54, 1.807) is 0 Å². The van der Waals surface area contributed by atoms with Crippen LogP contribution in [0.5, 0.6) is 0 Å². The van der Waals surface area contributed by atoms with Gasteiger partial charge in [0.2, 0.25) is 6.41 Å². The average Bonchev–Trinajstić information content (AvgIpc) is 3.45. The van der Waals surface area contributed by atoms with Crippen molar-refractivity contribution in [3.05, 3.63) is 67.5 Å². The summed E-state index contributed by atoms with van der Waals surface area (Å²) in [6, 6.07) is 2.49. The molecule has 36 heavy (non-hydrogen) atoms. The van der Waals surface area contributed by atoms with Crippen LogP contribution in [0.3, 0.4) is 0 Å². The van der Waals surface area contributed by atoms with E-state index in [1.165, 1.54) is 16.7 Å². The van der Waals surface area contributed by atoms with Crippen LogP contribution in [-0.2, 0) is 17.3 Å². The molecule has 2 atom stereocenters. The minimum atomic E-state index is -4.57. The molecule has 1 saturated carbocycles. The topological polar surface area (TPSA) is 117 Å². The number of alkyl halides is 3. The van der Waals surface area contributed by atoms with Gasteiger partial charge in [-0.05, 0) is 55.7 Å². The van der Waals surface area contributed by atoms with Crippen molar-refractivity contribution in [3.63, 3.8) is 0 Å². The van der Waals surface area contributed by atoms with Crippen molar-refractivity contribution in [2.24, 2.45) is 0 Å². The van der Waals surface area contributed by atoms with Gasteiger partial charge in [0, 0.05) is 24.8 Å². The Hall–Kier alpha value is -2.51. The van der Waals surface area contributed by atoms with Crippen LogP contribution in [0.2, 0.25) is 0 Å². The van der Waals surface area contributed by atoms with Crippen LogP contribution in [0.4, 0.5) is 13.2 Å². The number of rotatable bonds is 4. The maximum absolute atomic E-state index is 13.6. The molecule has 3 aliphatic rings. The monoisotopic (exact) mass is 511 g/mol. The summed E-state index contributed by atoms with van der Waals surface area (Å²) < 4.78 is 48.0. The minimum absolute atomic E-state index is 0.0405. The van der Waals surface area contributed by atoms with Gasteiger partial charge < -0.3 is 20.1 Å². The molecule has 1 aromatic carbocycles. The summed E-state index contributed by atoms with van der Waals surface area (Å²) in [6.07, 6.45) is -4.00. The first kappa shape index (κ1) is 25.2. The van der Waals surface area contributed by atoms with E-state index < -0.39 is 47.3 Å². The molecule has 2 aromatic rings. The largest absolute Gasteiger partial charge is 0.416 e. The molecule has 2 fully saturated rings. The van der Waals surface area contributed by atoms with Gasteiger partial charge >= 0.3 is 11.9 Å². The molecular formula is C24H28F3N3O6. The molecule has 3 N–H and O–H groups in total. The van der Waals surface area contributed by atoms with Crippen LogP contribution in [0.1, 0.15) is 72.7 Å². The van der Waals surface area contributed by atoms with E-state index in [4.69, 9.17) is 4.74 Å². The molecule has 1 aliphatic heterocycles. The van der Waals surface area contributed by atoms with E-state index in [2.05, 4.69) is 0 Å². The lowest BCUT2D eigenvalue weighted by molar-refractivity contribution is -0.149. The fourth-order valence-electron chi connectivity index (χ4n) is 5.99. The summed E-state index contributed by atoms with van der Waals surface area (Å²) in [7, 11) is 0. The summed E-state index contributed by atoms with van der Waals surface area (Å²) in [5, 5.41) is 29.7. The molecule has 2 aliphatic carbocycles. The normalized spacial score (nSPS) is 27.1. The predicted octanol–water partition coefficient (Wildman–Crippen LogP) is 1.64. The summed E-state index contributed by atoms with van der Waals surface area (Å²) in [5.74, 6) is 0. The molecule has 9 nitrogen and oxygen atoms in total. The van der Waals surface area contributed by atoms with Gasteiger partial charge in [0.05, 0.1) is 23.8 Å². The standard InChI is InChI=1S/C24H28F3N3O6/c25-24(26,27)18-3-1-2-16-15(18)8-9-19(16)30-20(31)17(21(32)33)12-29(22(30)34)14-6-4-13(5-7-14)28-10-11-36-23(28)35/h1-3,12-14,19,21,23,32-33,35H,4-11H2/t13?,14?,19-,23?/m1/s1. The molecular weight excluding hydrogens is 483 g/mol. The van der Waals surface area contributed by atoms with E-state index in [0.29, 0.717) is 38.8 Å². The highest BCUT2D eigenvalue weighted by molar-refractivity contribution is 5.43. The molecule has 0 radical (unpaired) electrons. The number of halogens is 3. The van der Waals surface area contributed by atoms with E-state index in [9.17, 15) is 38.1 Å². The summed E-state index contributed by atoms with van der Waals surface area (Å²) in [5.41, 5.74) is -2.51. The number of aromatic nitrogens is 2. The lowest BCUT2D eigenvalue weighted by Crippen LogP contribution is -2.47. The second kappa shape index (κ2) is 9.42. The molecule has 0 bridgehead atoms. The number of benzene rings is 1. The third kappa shape index (κ3) is 4.30. The fourth-order valence-corrected chi connectivity index (χ4v) is 5.99. The lowest BCUT2D eigenvalue weighted by atomic mass is 9.90. The van der Waals surface area contributed by atoms with Crippen LogP contribution < -0.4 is 11.2 Å². The smallest absolute Gasteiger partial charge is 0.364 e. The maximum atomic E-state index is 13.6. The Morgan fingerprint density at radius 2 is 1.72 bits per heavy atom. The highest BCUT2D eigenvalue weighted by Crippen LogP contribution is 2.41. The highest BCUT2D eigenvalue weighted by Gasteiger charge is 2.39. The van der Waals surface area contributed by atoms with Gasteiger partial charge in [0.25, 0.3) is 5.56 Å². The first-order chi connectivity index (χ1) is 17.1. The van der Waals surface area contributed by atoms with Crippen LogP contribution in [0.15, 0.2) is 34.0 Å². The van der Waals surface area contributed by atoms with Gasteiger partial charge in [-0.15, -0.1) is 0 Å². The predicted molar refractivity (Wildman–Crippen MR) is 120 cm³/mol. The third-order valence-electron chi connectivity index (χ3n) is 7.73. The maximum Gasteiger partial charge on any atom is 0.416 e. The Bertz CT molecular complexity index is 1250. The molecule has 1 unspecified atom stereocenters. The van der Waals surface area contributed by atoms with Crippen LogP contribution in [0.25, 0.3) is 0 Å². The van der Waals surface area contributed by atoms with Crippen molar-refractivity contribution in [2.75, 3.05) is 13.2 Å². The van der Waals surface area contributed by atoms with E-state index in [1.807, 2.05) is 4.90 Å². The van der Waals surface area contributed by atoms with Crippen molar-refractivity contribution in [3.8, 4) is 0 Å². The third-order valence-corrected chi connectivity index (χ3v) is 7.73. The lowest BCUT2D eigenvalue weighted by Gasteiger charge is -2.36. The van der Waals surface area contributed by atoms with Gasteiger partial charge in [0.15, 0.2) is 6.29 Å². The number of hydrogen-bond donors (Lipinski definition) is 3. The molecule has 0 spiro atoms. The van der Waals surface area contributed by atoms with Crippen LogP contribution >= 0.6 is 0 Å². The van der Waals surface area contributed by atoms with Crippen LogP contribution in [-0.4, -0.2) is 55.0 Å². The van der Waals surface area contributed by atoms with E-state index in [0.717, 1.165) is 16.8 Å². The highest BCUT2D eigenvalue weighted by atomic mass is 19.4. The van der Waals surface area contributed by atoms with Gasteiger partial charge in [0.1, 0.15) is 0 Å². The number of fused-ring (bicyclic) bond motifs is 1. The molecule has 5 rings (SSSR count). The first-order valence-corrected chi connectivity index (χ1v) is 12.1. The number of aliphatic hydroxyl groups excluding tert-OH is 2. The van der Waals surface area contributed by atoms with Crippen molar-refractivity contribution in [1.82, 2.24) is 14.0 Å². The van der Waals surface area contributed by atoms with Crippen molar-refractivity contribution < 1.29 is 33.2 Å². The zero-order valence-electron chi connectivity index (χ0n) is 19.4. The van der Waals surface area contributed by atoms with Crippen molar-refractivity contribution >= 4 is 0 Å². The van der Waals surface area contributed by atoms with Crippen LogP contribution in [0, 0.1) is 0 Å². The van der Waals surface area contributed by atoms with Gasteiger partial charge in [-0.3, -0.25) is 18.8 Å². The Morgan fingerprint density at radius 1 is 1.03 bits per heavy atom. The van der Waals surface area contributed by atoms with E-state index >= 15 is 0 Å². The second-order valence-corrected chi connectivity index (χ2v) is 9.65. The number of hydrogen-bond acceptors (Lipinski definition) is 7. The van der Waals surface area contributed by atoms with E-state index in [-0.39, 0.29) is 36.1 Å². The number of aliphatic hydroxyl groups is 3. The van der Waals surface area contributed by atoms with Crippen molar-refractivity contribution in [1.29, 1.82) is 0 Å². The fraction of sp³-hybridized carbons (Fsp3) is 0.583. The molecule has 196 valence electrons. The summed E-state index contributed by atoms with van der Waals surface area (Å²) in [6.45, 7) is 1.03. The first-order valence-electron chi connectivity index (χ1n) is 12.1. The zero-order chi connectivity index (χ0) is 25.8. The average molecular weight is 511 g/mol. The SMILES string of the molecule is O=c1c(C(O)O)cn(C2CCC(N3CCOC3O)CC2)c(=O)n1[C@@H]1CCc2c1cccc2C(F)(F)F. The quantitative estimate of drug-likeness (QED) is 0.535. The Morgan fingerprint density at radius 3 is 2.33 bits per heavy atom. The minimum Gasteiger partial charge on any atom is -0.364 e. The second-order valence-electron chi connectivity index (χ2n) is 9.65. The van der Waals surface area contributed by atoms with Gasteiger partial charge in [-0.1, -0.05) is 12.1 Å². The van der Waals surface area contributed by atoms with Crippen molar-refractivity contribution in [2.45, 2.75) is 75.5 Å². The number of ether oxygens (including phenoxy) is 1. The number of nitrogens with zero attached hydrogens (tertiary/aromatic N) is 3. The van der Waals surface area contributed by atoms with Gasteiger partial charge in [-0.2, -0.15) is 13.2 Å². The van der Waals surface area contributed by atoms with Gasteiger partial charge in [-0.25, -0.2) is 4.79 Å². The zero-order valence-corrected chi connectivity index (χ0v) is 19.4. The Balaban J connectivity index is 1.52. The summed E-state index contributed by atoms with van der Waals surface area (Å²) >= 11 is 0. The molecule has 1 saturated heterocycles. The Kier molecular flexibility index (Phi) is 6.58. The molecule has 12 heteroatoms. The Labute approximate surface area is 204 Å². The molecule has 2 heterocycles.